The summed E-state index contributed by atoms with van der Waals surface area (Å²) in [4.78, 5) is 23.8. The highest BCUT2D eigenvalue weighted by molar-refractivity contribution is 7.60. The zero-order valence-corrected chi connectivity index (χ0v) is 9.21. The number of hydrogen-bond donors (Lipinski definition) is 3. The van der Waals surface area contributed by atoms with E-state index in [2.05, 4.69) is 8.83 Å². The van der Waals surface area contributed by atoms with Crippen LogP contribution in [0.1, 0.15) is 0 Å². The molecule has 0 heterocycles. The molecular weight excluding hydrogens is 269 g/mol. The first-order valence-electron chi connectivity index (χ1n) is 2.65. The zero-order valence-electron chi connectivity index (χ0n) is 5.91. The van der Waals surface area contributed by atoms with Gasteiger partial charge in [-0.05, 0) is 0 Å². The van der Waals surface area contributed by atoms with Gasteiger partial charge < -0.3 is 14.7 Å². The topological polar surface area (TPSA) is 113 Å². The molecular formula is C2H6Cl2O7P2. The molecule has 0 fully saturated rings. The molecule has 13 heavy (non-hydrogen) atoms. The summed E-state index contributed by atoms with van der Waals surface area (Å²) in [6.45, 7) is -0.586. The van der Waals surface area contributed by atoms with Crippen LogP contribution in [0, 0.1) is 0 Å². The quantitative estimate of drug-likeness (QED) is 0.506. The van der Waals surface area contributed by atoms with E-state index in [0.29, 0.717) is 0 Å². The molecule has 0 saturated heterocycles. The average molecular weight is 275 g/mol. The summed E-state index contributed by atoms with van der Waals surface area (Å²) in [5.41, 5.74) is 0. The van der Waals surface area contributed by atoms with Gasteiger partial charge in [-0.25, -0.2) is 9.13 Å². The van der Waals surface area contributed by atoms with E-state index in [0.717, 1.165) is 0 Å². The van der Waals surface area contributed by atoms with E-state index in [1.165, 1.54) is 0 Å². The van der Waals surface area contributed by atoms with Crippen molar-refractivity contribution in [2.75, 3.05) is 6.61 Å². The van der Waals surface area contributed by atoms with Gasteiger partial charge in [0, 0.05) is 0 Å². The van der Waals surface area contributed by atoms with Crippen LogP contribution in [0.3, 0.4) is 0 Å². The van der Waals surface area contributed by atoms with Gasteiger partial charge in [-0.3, -0.25) is 4.52 Å². The smallest absolute Gasteiger partial charge is 0.302 e. The summed E-state index contributed by atoms with van der Waals surface area (Å²) in [6.07, 6.45) is 0. The van der Waals surface area contributed by atoms with Gasteiger partial charge in [0.2, 0.25) is 0 Å². The predicted octanol–water partition coefficient (Wildman–Crippen LogP) is 1.02. The summed E-state index contributed by atoms with van der Waals surface area (Å²) in [5.74, 6) is 0. The highest BCUT2D eigenvalue weighted by atomic mass is 35.5. The first-order chi connectivity index (χ1) is 5.62. The standard InChI is InChI=1S/C2H6Cl2O7P2/c3-2(4)1-10-13(8,9)11-12(5,6)7/h2H,1H2,(H,8,9)(H2,5,6,7). The van der Waals surface area contributed by atoms with Crippen LogP contribution in [-0.2, 0) is 18.0 Å². The molecule has 1 unspecified atom stereocenters. The van der Waals surface area contributed by atoms with Crippen LogP contribution in [0.2, 0.25) is 0 Å². The van der Waals surface area contributed by atoms with Gasteiger partial charge >= 0.3 is 15.6 Å². The molecule has 0 aromatic rings. The molecule has 0 radical (unpaired) electrons. The molecule has 0 spiro atoms. The van der Waals surface area contributed by atoms with Crippen molar-refractivity contribution in [3.05, 3.63) is 0 Å². The normalized spacial score (nSPS) is 17.4. The fourth-order valence-electron chi connectivity index (χ4n) is 0.309. The van der Waals surface area contributed by atoms with Crippen LogP contribution in [-0.4, -0.2) is 26.1 Å². The van der Waals surface area contributed by atoms with Gasteiger partial charge in [-0.1, -0.05) is 0 Å². The molecule has 0 amide bonds. The minimum atomic E-state index is -5.07. The first-order valence-corrected chi connectivity index (χ1v) is 6.54. The van der Waals surface area contributed by atoms with E-state index in [1.54, 1.807) is 0 Å². The predicted molar refractivity (Wildman–Crippen MR) is 44.4 cm³/mol. The maximum absolute atomic E-state index is 10.6. The molecule has 0 bridgehead atoms. The van der Waals surface area contributed by atoms with Crippen molar-refractivity contribution < 1.29 is 32.6 Å². The lowest BCUT2D eigenvalue weighted by atomic mass is 10.9. The van der Waals surface area contributed by atoms with Crippen LogP contribution < -0.4 is 0 Å². The third-order valence-electron chi connectivity index (χ3n) is 0.573. The van der Waals surface area contributed by atoms with E-state index in [4.69, 9.17) is 37.9 Å². The van der Waals surface area contributed by atoms with Crippen LogP contribution >= 0.6 is 38.8 Å². The van der Waals surface area contributed by atoms with E-state index < -0.39 is 27.1 Å². The van der Waals surface area contributed by atoms with Gasteiger partial charge in [0.15, 0.2) is 0 Å². The van der Waals surface area contributed by atoms with E-state index in [9.17, 15) is 9.13 Å². The van der Waals surface area contributed by atoms with Crippen molar-refractivity contribution in [2.45, 2.75) is 4.84 Å². The molecule has 80 valence electrons. The minimum Gasteiger partial charge on any atom is -0.302 e. The summed E-state index contributed by atoms with van der Waals surface area (Å²) in [7, 11) is -9.87. The highest BCUT2D eigenvalue weighted by Gasteiger charge is 2.32. The molecule has 7 nitrogen and oxygen atoms in total. The summed E-state index contributed by atoms with van der Waals surface area (Å²) < 4.78 is 28.1. The van der Waals surface area contributed by atoms with Crippen LogP contribution in [0.15, 0.2) is 0 Å². The van der Waals surface area contributed by atoms with E-state index in [1.807, 2.05) is 0 Å². The zero-order chi connectivity index (χ0) is 10.7. The first kappa shape index (κ1) is 13.8. The molecule has 0 aliphatic rings. The second-order valence-electron chi connectivity index (χ2n) is 1.73. The number of phosphoric ester groups is 1. The number of phosphoric acid groups is 2. The molecule has 0 aliphatic heterocycles. The molecule has 1 atom stereocenters. The Bertz CT molecular complexity index is 247. The van der Waals surface area contributed by atoms with Crippen LogP contribution in [0.4, 0.5) is 0 Å². The average Bonchev–Trinajstić information content (AvgIpc) is 1.78. The molecule has 3 N–H and O–H groups in total. The van der Waals surface area contributed by atoms with Crippen molar-refractivity contribution in [2.24, 2.45) is 0 Å². The number of alkyl halides is 2. The Kier molecular flexibility index (Phi) is 5.40. The fraction of sp³-hybridized carbons (Fsp3) is 1.00. The van der Waals surface area contributed by atoms with Crippen molar-refractivity contribution in [1.29, 1.82) is 0 Å². The molecule has 0 aromatic carbocycles. The summed E-state index contributed by atoms with van der Waals surface area (Å²) >= 11 is 10.2. The summed E-state index contributed by atoms with van der Waals surface area (Å²) in [5, 5.41) is 0. The molecule has 0 aromatic heterocycles. The molecule has 0 rings (SSSR count). The van der Waals surface area contributed by atoms with Gasteiger partial charge in [0.1, 0.15) is 4.84 Å². The Hall–Kier alpha value is 0.840. The minimum absolute atomic E-state index is 0.586. The van der Waals surface area contributed by atoms with Crippen molar-refractivity contribution in [3.8, 4) is 0 Å². The third kappa shape index (κ3) is 9.15. The Morgan fingerprint density at radius 2 is 1.69 bits per heavy atom. The van der Waals surface area contributed by atoms with Gasteiger partial charge in [0.25, 0.3) is 0 Å². The van der Waals surface area contributed by atoms with Gasteiger partial charge in [-0.15, -0.1) is 23.2 Å². The van der Waals surface area contributed by atoms with Crippen LogP contribution in [0.5, 0.6) is 0 Å². The monoisotopic (exact) mass is 274 g/mol. The lowest BCUT2D eigenvalue weighted by Gasteiger charge is -2.12. The highest BCUT2D eigenvalue weighted by Crippen LogP contribution is 2.57. The number of halogens is 2. The second-order valence-corrected chi connectivity index (χ2v) is 5.83. The largest absolute Gasteiger partial charge is 0.481 e. The molecule has 11 heteroatoms. The van der Waals surface area contributed by atoms with Crippen molar-refractivity contribution in [3.63, 3.8) is 0 Å². The Labute approximate surface area is 83.4 Å². The lowest BCUT2D eigenvalue weighted by molar-refractivity contribution is 0.183. The molecule has 0 aliphatic carbocycles. The third-order valence-corrected chi connectivity index (χ3v) is 2.98. The Morgan fingerprint density at radius 3 is 2.00 bits per heavy atom. The van der Waals surface area contributed by atoms with Gasteiger partial charge in [0.05, 0.1) is 6.61 Å². The molecule has 0 saturated carbocycles. The Morgan fingerprint density at radius 1 is 1.23 bits per heavy atom. The van der Waals surface area contributed by atoms with E-state index >= 15 is 0 Å². The van der Waals surface area contributed by atoms with Gasteiger partial charge in [-0.2, -0.15) is 4.31 Å². The lowest BCUT2D eigenvalue weighted by Crippen LogP contribution is -2.01. The van der Waals surface area contributed by atoms with Crippen molar-refractivity contribution in [1.82, 2.24) is 0 Å². The number of rotatable bonds is 5. The van der Waals surface area contributed by atoms with Crippen LogP contribution in [0.25, 0.3) is 0 Å². The number of hydrogen-bond acceptors (Lipinski definition) is 4. The SMILES string of the molecule is O=P(O)(O)OP(=O)(O)OCC(Cl)Cl. The van der Waals surface area contributed by atoms with E-state index in [-0.39, 0.29) is 0 Å². The Balaban J connectivity index is 4.10. The van der Waals surface area contributed by atoms with Crippen molar-refractivity contribution >= 4 is 38.8 Å². The fourth-order valence-corrected chi connectivity index (χ4v) is 2.21. The maximum atomic E-state index is 10.6. The second kappa shape index (κ2) is 5.07. The maximum Gasteiger partial charge on any atom is 0.481 e. The summed E-state index contributed by atoms with van der Waals surface area (Å²) in [6, 6.07) is 0.